The van der Waals surface area contributed by atoms with Crippen molar-refractivity contribution in [1.82, 2.24) is 30.4 Å². The van der Waals surface area contributed by atoms with E-state index in [1.807, 2.05) is 29.2 Å². The van der Waals surface area contributed by atoms with Crippen LogP contribution < -0.4 is 16.4 Å². The smallest absolute Gasteiger partial charge is 0.254 e. The van der Waals surface area contributed by atoms with Crippen LogP contribution in [-0.4, -0.2) is 213 Å². The lowest BCUT2D eigenvalue weighted by Crippen LogP contribution is -2.41. The van der Waals surface area contributed by atoms with Crippen LogP contribution in [0.25, 0.3) is 17.2 Å². The molecule has 0 bridgehead atoms. The lowest BCUT2D eigenvalue weighted by molar-refractivity contribution is -0.141. The van der Waals surface area contributed by atoms with Crippen LogP contribution in [0.2, 0.25) is 0 Å². The Hall–Kier alpha value is -5.60. The molecule has 0 saturated carbocycles. The third kappa shape index (κ3) is 25.6. The molecule has 0 radical (unpaired) electrons. The Morgan fingerprint density at radius 2 is 1.07 bits per heavy atom. The van der Waals surface area contributed by atoms with Gasteiger partial charge in [0.1, 0.15) is 18.2 Å². The number of aliphatic imine (C=N–C) groups is 1. The molecule has 1 aromatic carbocycles. The molecule has 1 aromatic heterocycles. The predicted molar refractivity (Wildman–Crippen MR) is 272 cm³/mol. The van der Waals surface area contributed by atoms with Crippen LogP contribution in [0.4, 0.5) is 5.69 Å². The summed E-state index contributed by atoms with van der Waals surface area (Å²) in [5.41, 5.74) is 10.0. The van der Waals surface area contributed by atoms with E-state index in [2.05, 4.69) is 39.4 Å². The molecule has 23 heteroatoms. The number of imide groups is 1. The quantitative estimate of drug-likeness (QED) is 0.0631. The molecule has 5 amide bonds. The fraction of sp³-hybridized carbons (Fsp3) is 0.608. The van der Waals surface area contributed by atoms with E-state index in [0.29, 0.717) is 161 Å². The minimum atomic E-state index is -0.499. The minimum absolute atomic E-state index is 0.00539. The molecule has 2 aromatic rings. The lowest BCUT2D eigenvalue weighted by atomic mass is 10.0. The van der Waals surface area contributed by atoms with Crippen molar-refractivity contribution < 1.29 is 71.3 Å². The van der Waals surface area contributed by atoms with E-state index >= 15 is 0 Å². The van der Waals surface area contributed by atoms with E-state index in [1.165, 1.54) is 0 Å². The fourth-order valence-corrected chi connectivity index (χ4v) is 6.92. The Kier molecular flexibility index (Phi) is 31.3. The molecule has 410 valence electrons. The molecule has 0 aliphatic carbocycles. The van der Waals surface area contributed by atoms with Gasteiger partial charge in [-0.15, -0.1) is 0 Å². The Balaban J connectivity index is 0.848. The first kappa shape index (κ1) is 61.0. The van der Waals surface area contributed by atoms with Crippen molar-refractivity contribution in [2.45, 2.75) is 46.1 Å². The Labute approximate surface area is 433 Å². The highest BCUT2D eigenvalue weighted by atomic mass is 16.6. The van der Waals surface area contributed by atoms with Gasteiger partial charge in [-0.1, -0.05) is 26.0 Å². The first-order valence-electron chi connectivity index (χ1n) is 25.3. The lowest BCUT2D eigenvalue weighted by Gasteiger charge is -2.22. The number of nitrogens with zero attached hydrogens (tertiary/aromatic N) is 5. The van der Waals surface area contributed by atoms with Gasteiger partial charge in [-0.25, -0.2) is 15.0 Å². The number of ether oxygens (including phenoxy) is 10. The van der Waals surface area contributed by atoms with Crippen LogP contribution in [0.1, 0.15) is 50.9 Å². The molecule has 3 heterocycles. The highest BCUT2D eigenvalue weighted by Gasteiger charge is 2.25. The second-order valence-electron chi connectivity index (χ2n) is 16.5. The monoisotopic (exact) mass is 1040 g/mol. The van der Waals surface area contributed by atoms with E-state index in [0.717, 1.165) is 46.6 Å². The second-order valence-corrected chi connectivity index (χ2v) is 16.5. The van der Waals surface area contributed by atoms with Crippen LogP contribution in [0.15, 0.2) is 53.3 Å². The standard InChI is InChI=1S/C51H76N8O15/c1-3-11-58(12-4-2)51(64)42-33-41-6-5-40(34-44(41)57-45(52)35-42)43-36-54-46(55-37-43)38-56-47(60)9-13-65-15-17-67-19-21-69-23-25-71-27-29-73-31-32-74-30-28-72-26-24-70-22-20-68-18-16-66-14-10-53-48(61)39-59-49(62)7-8-50(59)63/h5-8,33-34,36-37H,3-4,9-32,35,38-39H2,1-2H3,(H2,52,57)(H,53,61)(H,56,60). The number of hydrogen-bond acceptors (Lipinski definition) is 19. The molecule has 0 fully saturated rings. The van der Waals surface area contributed by atoms with Crippen molar-refractivity contribution >= 4 is 47.1 Å². The van der Waals surface area contributed by atoms with E-state index in [9.17, 15) is 24.0 Å². The number of nitrogens with one attached hydrogen (secondary N) is 2. The van der Waals surface area contributed by atoms with Gasteiger partial charge in [0.05, 0.1) is 144 Å². The SMILES string of the molecule is CCCN(CCC)C(=O)C1=Cc2ccc(-c3cnc(CNC(=O)CCOCCOCCOCCOCCOCCOCCOCCOCCOCCOCCNC(=O)CN4C(=O)C=CC4=O)nc3)cc2N=C(N)C1. The molecule has 0 saturated heterocycles. The van der Waals surface area contributed by atoms with E-state index in [1.54, 1.807) is 12.4 Å². The van der Waals surface area contributed by atoms with Crippen molar-refractivity contribution in [3.8, 4) is 11.1 Å². The fourth-order valence-electron chi connectivity index (χ4n) is 6.92. The predicted octanol–water partition coefficient (Wildman–Crippen LogP) is 1.78. The number of aromatic nitrogens is 2. The molecule has 0 atom stereocenters. The Morgan fingerprint density at radius 3 is 1.54 bits per heavy atom. The minimum Gasteiger partial charge on any atom is -0.387 e. The average molecular weight is 1040 g/mol. The first-order chi connectivity index (χ1) is 36.2. The summed E-state index contributed by atoms with van der Waals surface area (Å²) in [6.07, 6.45) is 9.81. The third-order valence-electron chi connectivity index (χ3n) is 10.6. The van der Waals surface area contributed by atoms with Crippen molar-refractivity contribution in [2.75, 3.05) is 158 Å². The van der Waals surface area contributed by atoms with Gasteiger partial charge in [-0.3, -0.25) is 28.9 Å². The summed E-state index contributed by atoms with van der Waals surface area (Å²) in [6.45, 7) is 13.7. The number of amidine groups is 1. The van der Waals surface area contributed by atoms with E-state index in [4.69, 9.17) is 53.1 Å². The zero-order valence-electron chi connectivity index (χ0n) is 43.1. The summed E-state index contributed by atoms with van der Waals surface area (Å²) in [4.78, 5) is 76.7. The third-order valence-corrected chi connectivity index (χ3v) is 10.6. The number of amides is 5. The zero-order chi connectivity index (χ0) is 52.9. The number of nitrogens with two attached hydrogens (primary N) is 1. The number of benzene rings is 1. The summed E-state index contributed by atoms with van der Waals surface area (Å²) in [7, 11) is 0. The molecule has 4 N–H and O–H groups in total. The van der Waals surface area contributed by atoms with Gasteiger partial charge in [0.15, 0.2) is 0 Å². The Morgan fingerprint density at radius 1 is 0.608 bits per heavy atom. The van der Waals surface area contributed by atoms with Gasteiger partial charge < -0.3 is 68.6 Å². The maximum absolute atomic E-state index is 13.3. The molecule has 0 unspecified atom stereocenters. The number of hydrogen-bond donors (Lipinski definition) is 3. The van der Waals surface area contributed by atoms with Crippen molar-refractivity contribution in [2.24, 2.45) is 10.7 Å². The number of fused-ring (bicyclic) bond motifs is 1. The number of carbonyl (C=O) groups is 5. The summed E-state index contributed by atoms with van der Waals surface area (Å²) < 4.78 is 54.9. The molecular weight excluding hydrogens is 965 g/mol. The van der Waals surface area contributed by atoms with Gasteiger partial charge in [0.2, 0.25) is 17.7 Å². The first-order valence-corrected chi connectivity index (χ1v) is 25.3. The van der Waals surface area contributed by atoms with Crippen molar-refractivity contribution in [1.29, 1.82) is 0 Å². The molecule has 0 spiro atoms. The second kappa shape index (κ2) is 38.0. The maximum Gasteiger partial charge on any atom is 0.254 e. The number of carbonyl (C=O) groups excluding carboxylic acids is 5. The highest BCUT2D eigenvalue weighted by Crippen LogP contribution is 2.32. The molecule has 2 aliphatic heterocycles. The van der Waals surface area contributed by atoms with Crippen LogP contribution in [-0.2, 0) is 77.9 Å². The summed E-state index contributed by atoms with van der Waals surface area (Å²) >= 11 is 0. The molecule has 2 aliphatic rings. The highest BCUT2D eigenvalue weighted by molar-refractivity contribution is 6.14. The number of rotatable bonds is 43. The van der Waals surface area contributed by atoms with E-state index < -0.39 is 17.7 Å². The molecular formula is C51H76N8O15. The van der Waals surface area contributed by atoms with Gasteiger partial charge in [-0.2, -0.15) is 0 Å². The molecule has 74 heavy (non-hydrogen) atoms. The van der Waals surface area contributed by atoms with Crippen LogP contribution >= 0.6 is 0 Å². The summed E-state index contributed by atoms with van der Waals surface area (Å²) in [5.74, 6) is -0.759. The molecule has 4 rings (SSSR count). The van der Waals surface area contributed by atoms with Gasteiger partial charge in [-0.05, 0) is 30.5 Å². The average Bonchev–Trinajstić information content (AvgIpc) is 3.60. The van der Waals surface area contributed by atoms with Crippen molar-refractivity contribution in [3.63, 3.8) is 0 Å². The maximum atomic E-state index is 13.3. The topological polar surface area (TPSA) is 272 Å². The summed E-state index contributed by atoms with van der Waals surface area (Å²) in [6, 6.07) is 5.78. The van der Waals surface area contributed by atoms with E-state index in [-0.39, 0.29) is 51.1 Å². The zero-order valence-corrected chi connectivity index (χ0v) is 43.1. The van der Waals surface area contributed by atoms with Crippen LogP contribution in [0.5, 0.6) is 0 Å². The normalized spacial score (nSPS) is 13.2. The van der Waals surface area contributed by atoms with Gasteiger partial charge in [0.25, 0.3) is 11.8 Å². The van der Waals surface area contributed by atoms with Crippen molar-refractivity contribution in [3.05, 3.63) is 59.7 Å². The van der Waals surface area contributed by atoms with Gasteiger partial charge in [0, 0.05) is 73.7 Å². The molecule has 23 nitrogen and oxygen atoms in total. The van der Waals surface area contributed by atoms with Crippen LogP contribution in [0.3, 0.4) is 0 Å². The van der Waals surface area contributed by atoms with Gasteiger partial charge >= 0.3 is 0 Å². The Bertz CT molecular complexity index is 2050. The summed E-state index contributed by atoms with van der Waals surface area (Å²) in [5, 5.41) is 5.41. The largest absolute Gasteiger partial charge is 0.387 e. The van der Waals surface area contributed by atoms with Crippen LogP contribution in [0, 0.1) is 0 Å².